The third kappa shape index (κ3) is 5.83. The van der Waals surface area contributed by atoms with Gasteiger partial charge in [-0.2, -0.15) is 0 Å². The average molecular weight is 256 g/mol. The lowest BCUT2D eigenvalue weighted by Gasteiger charge is -2.27. The Morgan fingerprint density at radius 2 is 1.94 bits per heavy atom. The maximum absolute atomic E-state index is 12.2. The van der Waals surface area contributed by atoms with Crippen LogP contribution in [-0.2, 0) is 9.53 Å². The van der Waals surface area contributed by atoms with Crippen LogP contribution in [0.1, 0.15) is 46.0 Å². The van der Waals surface area contributed by atoms with Gasteiger partial charge in [0, 0.05) is 26.2 Å². The minimum absolute atomic E-state index is 0.0667. The molecule has 0 aromatic carbocycles. The quantitative estimate of drug-likeness (QED) is 0.720. The lowest BCUT2D eigenvalue weighted by atomic mass is 10.2. The van der Waals surface area contributed by atoms with Crippen molar-refractivity contribution in [1.82, 2.24) is 10.2 Å². The highest BCUT2D eigenvalue weighted by Gasteiger charge is 2.20. The van der Waals surface area contributed by atoms with E-state index in [0.29, 0.717) is 6.42 Å². The molecule has 18 heavy (non-hydrogen) atoms. The summed E-state index contributed by atoms with van der Waals surface area (Å²) in [7, 11) is 0. The van der Waals surface area contributed by atoms with Gasteiger partial charge in [-0.3, -0.25) is 4.79 Å². The minimum atomic E-state index is 0.0667. The maximum atomic E-state index is 12.2. The fraction of sp³-hybridized carbons (Fsp3) is 0.929. The zero-order valence-corrected chi connectivity index (χ0v) is 11.9. The number of amides is 1. The number of nitrogens with zero attached hydrogens (tertiary/aromatic N) is 1. The lowest BCUT2D eigenvalue weighted by Crippen LogP contribution is -2.43. The number of unbranched alkanes of at least 4 members (excludes halogenated alkanes) is 2. The molecule has 1 rings (SSSR count). The van der Waals surface area contributed by atoms with Crippen molar-refractivity contribution in [2.75, 3.05) is 32.8 Å². The summed E-state index contributed by atoms with van der Waals surface area (Å²) in [5, 5.41) is 3.27. The van der Waals surface area contributed by atoms with E-state index in [1.54, 1.807) is 0 Å². The van der Waals surface area contributed by atoms with Crippen LogP contribution in [-0.4, -0.2) is 49.7 Å². The van der Waals surface area contributed by atoms with Crippen molar-refractivity contribution < 1.29 is 9.53 Å². The highest BCUT2D eigenvalue weighted by Crippen LogP contribution is 2.07. The van der Waals surface area contributed by atoms with Crippen LogP contribution in [0.25, 0.3) is 0 Å². The normalized spacial score (nSPS) is 19.8. The molecule has 0 aliphatic carbocycles. The summed E-state index contributed by atoms with van der Waals surface area (Å²) in [6, 6.07) is 0. The van der Waals surface area contributed by atoms with Gasteiger partial charge in [-0.25, -0.2) is 0 Å². The Balaban J connectivity index is 2.35. The van der Waals surface area contributed by atoms with Crippen LogP contribution in [0.3, 0.4) is 0 Å². The van der Waals surface area contributed by atoms with Crippen LogP contribution in [0, 0.1) is 0 Å². The molecule has 0 aromatic heterocycles. The summed E-state index contributed by atoms with van der Waals surface area (Å²) in [5.74, 6) is 0.255. The maximum Gasteiger partial charge on any atom is 0.225 e. The average Bonchev–Trinajstić information content (AvgIpc) is 2.40. The molecule has 0 spiro atoms. The topological polar surface area (TPSA) is 41.6 Å². The number of rotatable bonds is 8. The first-order chi connectivity index (χ1) is 8.77. The van der Waals surface area contributed by atoms with E-state index in [9.17, 15) is 4.79 Å². The van der Waals surface area contributed by atoms with E-state index < -0.39 is 0 Å². The van der Waals surface area contributed by atoms with Gasteiger partial charge in [0.25, 0.3) is 0 Å². The van der Waals surface area contributed by atoms with Crippen molar-refractivity contribution in [2.45, 2.75) is 52.1 Å². The lowest BCUT2D eigenvalue weighted by molar-refractivity contribution is -0.134. The summed E-state index contributed by atoms with van der Waals surface area (Å²) in [4.78, 5) is 14.3. The Bertz CT molecular complexity index is 220. The monoisotopic (exact) mass is 256 g/mol. The molecule has 0 radical (unpaired) electrons. The van der Waals surface area contributed by atoms with E-state index in [0.717, 1.165) is 58.5 Å². The smallest absolute Gasteiger partial charge is 0.225 e. The first kappa shape index (κ1) is 15.4. The van der Waals surface area contributed by atoms with Gasteiger partial charge >= 0.3 is 0 Å². The van der Waals surface area contributed by atoms with Gasteiger partial charge in [0.05, 0.1) is 19.1 Å². The molecule has 4 nitrogen and oxygen atoms in total. The van der Waals surface area contributed by atoms with Gasteiger partial charge in [-0.1, -0.05) is 26.7 Å². The van der Waals surface area contributed by atoms with Crippen molar-refractivity contribution in [1.29, 1.82) is 0 Å². The fourth-order valence-electron chi connectivity index (χ4n) is 2.13. The number of hydrogen-bond acceptors (Lipinski definition) is 3. The molecule has 0 aromatic rings. The van der Waals surface area contributed by atoms with Gasteiger partial charge in [0.2, 0.25) is 5.91 Å². The molecule has 1 fully saturated rings. The molecular formula is C14H28N2O2. The van der Waals surface area contributed by atoms with Crippen molar-refractivity contribution in [3.63, 3.8) is 0 Å². The largest absolute Gasteiger partial charge is 0.375 e. The molecule has 1 heterocycles. The molecule has 4 heteroatoms. The second-order valence-electron chi connectivity index (χ2n) is 4.99. The molecule has 106 valence electrons. The van der Waals surface area contributed by atoms with E-state index >= 15 is 0 Å². The Morgan fingerprint density at radius 3 is 2.44 bits per heavy atom. The van der Waals surface area contributed by atoms with E-state index in [1.165, 1.54) is 0 Å². The number of nitrogens with one attached hydrogen (secondary N) is 1. The SMILES string of the molecule is CCCCN(CCCC)C(=O)CC1CNCCO1. The first-order valence-electron chi connectivity index (χ1n) is 7.38. The van der Waals surface area contributed by atoms with Crippen LogP contribution in [0.15, 0.2) is 0 Å². The number of morpholine rings is 1. The third-order valence-electron chi connectivity index (χ3n) is 3.32. The van der Waals surface area contributed by atoms with Crippen LogP contribution < -0.4 is 5.32 Å². The van der Waals surface area contributed by atoms with Crippen molar-refractivity contribution in [2.24, 2.45) is 0 Å². The number of hydrogen-bond donors (Lipinski definition) is 1. The number of carbonyl (C=O) groups is 1. The predicted molar refractivity (Wildman–Crippen MR) is 73.6 cm³/mol. The number of carbonyl (C=O) groups excluding carboxylic acids is 1. The summed E-state index contributed by atoms with van der Waals surface area (Å²) < 4.78 is 5.60. The molecule has 0 bridgehead atoms. The van der Waals surface area contributed by atoms with E-state index in [4.69, 9.17) is 4.74 Å². The highest BCUT2D eigenvalue weighted by molar-refractivity contribution is 5.76. The highest BCUT2D eigenvalue weighted by atomic mass is 16.5. The van der Waals surface area contributed by atoms with Crippen molar-refractivity contribution in [3.05, 3.63) is 0 Å². The summed E-state index contributed by atoms with van der Waals surface area (Å²) in [5.41, 5.74) is 0. The Morgan fingerprint density at radius 1 is 1.28 bits per heavy atom. The predicted octanol–water partition coefficient (Wildman–Crippen LogP) is 1.79. The fourth-order valence-corrected chi connectivity index (χ4v) is 2.13. The van der Waals surface area contributed by atoms with Gasteiger partial charge in [0.15, 0.2) is 0 Å². The molecule has 1 amide bonds. The Hall–Kier alpha value is -0.610. The Labute approximate surface area is 111 Å². The van der Waals surface area contributed by atoms with E-state index in [-0.39, 0.29) is 12.0 Å². The van der Waals surface area contributed by atoms with Crippen LogP contribution in [0.4, 0.5) is 0 Å². The standard InChI is InChI=1S/C14H28N2O2/c1-3-5-8-16(9-6-4-2)14(17)11-13-12-15-7-10-18-13/h13,15H,3-12H2,1-2H3. The van der Waals surface area contributed by atoms with Crippen LogP contribution in [0.2, 0.25) is 0 Å². The molecule has 1 aliphatic rings. The van der Waals surface area contributed by atoms with Gasteiger partial charge in [-0.15, -0.1) is 0 Å². The summed E-state index contributed by atoms with van der Waals surface area (Å²) in [6.45, 7) is 8.56. The van der Waals surface area contributed by atoms with Gasteiger partial charge in [-0.05, 0) is 12.8 Å². The molecule has 0 saturated carbocycles. The first-order valence-corrected chi connectivity index (χ1v) is 7.38. The Kier molecular flexibility index (Phi) is 8.01. The molecule has 1 N–H and O–H groups in total. The number of ether oxygens (including phenoxy) is 1. The van der Waals surface area contributed by atoms with Gasteiger partial charge < -0.3 is 15.0 Å². The molecule has 1 unspecified atom stereocenters. The van der Waals surface area contributed by atoms with E-state index in [1.807, 2.05) is 4.90 Å². The van der Waals surface area contributed by atoms with E-state index in [2.05, 4.69) is 19.2 Å². The van der Waals surface area contributed by atoms with Crippen molar-refractivity contribution >= 4 is 5.91 Å². The molecule has 1 saturated heterocycles. The molecular weight excluding hydrogens is 228 g/mol. The van der Waals surface area contributed by atoms with Crippen LogP contribution >= 0.6 is 0 Å². The second-order valence-corrected chi connectivity index (χ2v) is 4.99. The summed E-state index contributed by atoms with van der Waals surface area (Å²) >= 11 is 0. The zero-order valence-electron chi connectivity index (χ0n) is 11.9. The zero-order chi connectivity index (χ0) is 13.2. The molecule has 1 atom stereocenters. The summed E-state index contributed by atoms with van der Waals surface area (Å²) in [6.07, 6.45) is 5.06. The van der Waals surface area contributed by atoms with Crippen molar-refractivity contribution in [3.8, 4) is 0 Å². The molecule has 1 aliphatic heterocycles. The second kappa shape index (κ2) is 9.34. The third-order valence-corrected chi connectivity index (χ3v) is 3.32. The minimum Gasteiger partial charge on any atom is -0.375 e. The van der Waals surface area contributed by atoms with Crippen LogP contribution in [0.5, 0.6) is 0 Å². The van der Waals surface area contributed by atoms with Gasteiger partial charge in [0.1, 0.15) is 0 Å².